The first-order valence-corrected chi connectivity index (χ1v) is 5.17. The van der Waals surface area contributed by atoms with Gasteiger partial charge in [-0.1, -0.05) is 0 Å². The van der Waals surface area contributed by atoms with Crippen LogP contribution in [0.25, 0.3) is 0 Å². The Morgan fingerprint density at radius 3 is 3.08 bits per heavy atom. The maximum Gasteiger partial charge on any atom is 0.0667 e. The molecular formula is C10H21NO2. The van der Waals surface area contributed by atoms with Crippen molar-refractivity contribution in [1.82, 2.24) is 5.32 Å². The minimum absolute atomic E-state index is 0.309. The Labute approximate surface area is 80.8 Å². The monoisotopic (exact) mass is 187 g/mol. The second kappa shape index (κ2) is 6.35. The van der Waals surface area contributed by atoms with Gasteiger partial charge in [-0.05, 0) is 26.2 Å². The van der Waals surface area contributed by atoms with E-state index in [9.17, 15) is 0 Å². The molecule has 2 atom stereocenters. The van der Waals surface area contributed by atoms with E-state index < -0.39 is 0 Å². The quantitative estimate of drug-likeness (QED) is 0.717. The van der Waals surface area contributed by atoms with Gasteiger partial charge in [0.25, 0.3) is 0 Å². The van der Waals surface area contributed by atoms with Crippen molar-refractivity contribution in [3.8, 4) is 0 Å². The molecule has 0 amide bonds. The van der Waals surface area contributed by atoms with Gasteiger partial charge in [-0.15, -0.1) is 0 Å². The van der Waals surface area contributed by atoms with Crippen LogP contribution in [0, 0.1) is 0 Å². The third kappa shape index (κ3) is 4.60. The van der Waals surface area contributed by atoms with Crippen molar-refractivity contribution in [3.63, 3.8) is 0 Å². The fraction of sp³-hybridized carbons (Fsp3) is 1.00. The molecule has 0 aromatic carbocycles. The lowest BCUT2D eigenvalue weighted by molar-refractivity contribution is 0.112. The molecule has 1 saturated heterocycles. The van der Waals surface area contributed by atoms with E-state index in [0.29, 0.717) is 12.1 Å². The maximum absolute atomic E-state index is 5.39. The summed E-state index contributed by atoms with van der Waals surface area (Å²) in [6.07, 6.45) is 3.86. The zero-order valence-corrected chi connectivity index (χ0v) is 8.71. The van der Waals surface area contributed by atoms with Crippen LogP contribution < -0.4 is 5.32 Å². The largest absolute Gasteiger partial charge is 0.381 e. The fourth-order valence-electron chi connectivity index (χ4n) is 1.52. The highest BCUT2D eigenvalue weighted by molar-refractivity contribution is 4.70. The second-order valence-electron chi connectivity index (χ2n) is 3.69. The van der Waals surface area contributed by atoms with Gasteiger partial charge in [-0.2, -0.15) is 0 Å². The Kier molecular flexibility index (Phi) is 5.35. The Morgan fingerprint density at radius 2 is 2.31 bits per heavy atom. The van der Waals surface area contributed by atoms with Gasteiger partial charge in [0.05, 0.1) is 6.10 Å². The van der Waals surface area contributed by atoms with E-state index in [4.69, 9.17) is 9.47 Å². The first-order chi connectivity index (χ1) is 6.33. The third-order valence-corrected chi connectivity index (χ3v) is 2.55. The van der Waals surface area contributed by atoms with E-state index in [1.807, 2.05) is 0 Å². The molecule has 13 heavy (non-hydrogen) atoms. The number of nitrogens with one attached hydrogen (secondary N) is 1. The van der Waals surface area contributed by atoms with Gasteiger partial charge in [-0.25, -0.2) is 0 Å². The van der Waals surface area contributed by atoms with Crippen molar-refractivity contribution in [3.05, 3.63) is 0 Å². The molecule has 3 nitrogen and oxygen atoms in total. The topological polar surface area (TPSA) is 30.5 Å². The number of hydrogen-bond donors (Lipinski definition) is 1. The average molecular weight is 187 g/mol. The van der Waals surface area contributed by atoms with E-state index in [1.165, 1.54) is 12.8 Å². The standard InChI is InChI=1S/C10H21NO2/c1-9(12-2)8-11-10-4-3-6-13-7-5-10/h9-11H,3-8H2,1-2H3. The molecule has 1 aliphatic rings. The van der Waals surface area contributed by atoms with Crippen LogP contribution in [0.3, 0.4) is 0 Å². The van der Waals surface area contributed by atoms with Crippen LogP contribution in [0.5, 0.6) is 0 Å². The van der Waals surface area contributed by atoms with Gasteiger partial charge in [0.1, 0.15) is 0 Å². The molecule has 0 aromatic heterocycles. The molecule has 78 valence electrons. The van der Waals surface area contributed by atoms with Gasteiger partial charge >= 0.3 is 0 Å². The van der Waals surface area contributed by atoms with Crippen LogP contribution in [0.4, 0.5) is 0 Å². The summed E-state index contributed by atoms with van der Waals surface area (Å²) in [6.45, 7) is 4.86. The zero-order valence-electron chi connectivity index (χ0n) is 8.71. The number of methoxy groups -OCH3 is 1. The molecule has 3 heteroatoms. The first kappa shape index (κ1) is 11.0. The highest BCUT2D eigenvalue weighted by Gasteiger charge is 2.12. The van der Waals surface area contributed by atoms with E-state index in [0.717, 1.165) is 26.2 Å². The maximum atomic E-state index is 5.39. The predicted molar refractivity (Wildman–Crippen MR) is 52.9 cm³/mol. The van der Waals surface area contributed by atoms with Gasteiger partial charge < -0.3 is 14.8 Å². The molecule has 0 radical (unpaired) electrons. The van der Waals surface area contributed by atoms with E-state index in [-0.39, 0.29) is 0 Å². The molecule has 2 unspecified atom stereocenters. The molecule has 0 aliphatic carbocycles. The van der Waals surface area contributed by atoms with Gasteiger partial charge in [0, 0.05) is 32.9 Å². The summed E-state index contributed by atoms with van der Waals surface area (Å²) in [4.78, 5) is 0. The molecule has 1 aliphatic heterocycles. The number of ether oxygens (including phenoxy) is 2. The molecule has 0 aromatic rings. The summed E-state index contributed by atoms with van der Waals surface area (Å²) in [5.41, 5.74) is 0. The Bertz CT molecular complexity index is 122. The fourth-order valence-corrected chi connectivity index (χ4v) is 1.52. The van der Waals surface area contributed by atoms with Crippen molar-refractivity contribution in [2.24, 2.45) is 0 Å². The lowest BCUT2D eigenvalue weighted by Crippen LogP contribution is -2.35. The molecule has 0 saturated carbocycles. The number of hydrogen-bond acceptors (Lipinski definition) is 3. The average Bonchev–Trinajstić information content (AvgIpc) is 2.42. The summed E-state index contributed by atoms with van der Waals surface area (Å²) < 4.78 is 10.6. The number of rotatable bonds is 4. The lowest BCUT2D eigenvalue weighted by Gasteiger charge is -2.18. The van der Waals surface area contributed by atoms with Gasteiger partial charge in [0.2, 0.25) is 0 Å². The van der Waals surface area contributed by atoms with Crippen LogP contribution in [0.1, 0.15) is 26.2 Å². The van der Waals surface area contributed by atoms with Crippen molar-refractivity contribution in [1.29, 1.82) is 0 Å². The van der Waals surface area contributed by atoms with E-state index in [1.54, 1.807) is 7.11 Å². The van der Waals surface area contributed by atoms with Crippen molar-refractivity contribution >= 4 is 0 Å². The Hall–Kier alpha value is -0.120. The Balaban J connectivity index is 2.11. The van der Waals surface area contributed by atoms with Crippen molar-refractivity contribution in [2.45, 2.75) is 38.3 Å². The predicted octanol–water partition coefficient (Wildman–Crippen LogP) is 1.18. The normalized spacial score (nSPS) is 26.8. The third-order valence-electron chi connectivity index (χ3n) is 2.55. The summed E-state index contributed by atoms with van der Waals surface area (Å²) in [7, 11) is 1.75. The zero-order chi connectivity index (χ0) is 9.52. The van der Waals surface area contributed by atoms with E-state index >= 15 is 0 Å². The van der Waals surface area contributed by atoms with Crippen LogP contribution in [-0.2, 0) is 9.47 Å². The smallest absolute Gasteiger partial charge is 0.0667 e. The summed E-state index contributed by atoms with van der Waals surface area (Å²) in [5, 5.41) is 3.51. The highest BCUT2D eigenvalue weighted by atomic mass is 16.5. The molecule has 0 bridgehead atoms. The highest BCUT2D eigenvalue weighted by Crippen LogP contribution is 2.07. The second-order valence-corrected chi connectivity index (χ2v) is 3.69. The summed E-state index contributed by atoms with van der Waals surface area (Å²) in [5.74, 6) is 0. The summed E-state index contributed by atoms with van der Waals surface area (Å²) >= 11 is 0. The minimum atomic E-state index is 0.309. The molecule has 0 spiro atoms. The molecule has 1 heterocycles. The Morgan fingerprint density at radius 1 is 1.46 bits per heavy atom. The molecule has 1 fully saturated rings. The lowest BCUT2D eigenvalue weighted by atomic mass is 10.1. The van der Waals surface area contributed by atoms with Crippen molar-refractivity contribution < 1.29 is 9.47 Å². The summed E-state index contributed by atoms with van der Waals surface area (Å²) in [6, 6.07) is 0.625. The molecule has 1 rings (SSSR count). The van der Waals surface area contributed by atoms with Crippen LogP contribution >= 0.6 is 0 Å². The minimum Gasteiger partial charge on any atom is -0.381 e. The van der Waals surface area contributed by atoms with Crippen LogP contribution in [0.15, 0.2) is 0 Å². The van der Waals surface area contributed by atoms with Crippen LogP contribution in [-0.4, -0.2) is 39.0 Å². The van der Waals surface area contributed by atoms with Gasteiger partial charge in [0.15, 0.2) is 0 Å². The molecular weight excluding hydrogens is 166 g/mol. The van der Waals surface area contributed by atoms with Gasteiger partial charge in [-0.3, -0.25) is 0 Å². The first-order valence-electron chi connectivity index (χ1n) is 5.17. The van der Waals surface area contributed by atoms with Crippen molar-refractivity contribution in [2.75, 3.05) is 26.9 Å². The SMILES string of the molecule is COC(C)CNC1CCCOCC1. The van der Waals surface area contributed by atoms with E-state index in [2.05, 4.69) is 12.2 Å². The molecule has 1 N–H and O–H groups in total. The van der Waals surface area contributed by atoms with Crippen LogP contribution in [0.2, 0.25) is 0 Å².